The highest BCUT2D eigenvalue weighted by Crippen LogP contribution is 2.43. The smallest absolute Gasteiger partial charge is 0.00454 e. The predicted molar refractivity (Wildman–Crippen MR) is 81.7 cm³/mol. The maximum absolute atomic E-state index is 2.04. The highest BCUT2D eigenvalue weighted by atomic mass is 33.7. The van der Waals surface area contributed by atoms with Crippen molar-refractivity contribution in [1.29, 1.82) is 0 Å². The summed E-state index contributed by atoms with van der Waals surface area (Å²) in [5.74, 6) is 2.69. The van der Waals surface area contributed by atoms with E-state index in [1.807, 2.05) is 41.2 Å². The normalized spacial score (nSPS) is 24.0. The van der Waals surface area contributed by atoms with Crippen molar-refractivity contribution >= 4 is 41.2 Å². The third kappa shape index (κ3) is 10.3. The quantitative estimate of drug-likeness (QED) is 0.486. The van der Waals surface area contributed by atoms with Crippen LogP contribution >= 0.6 is 41.2 Å². The fourth-order valence-electron chi connectivity index (χ4n) is 1.67. The number of rotatable bonds is 0. The molecular formula is C11H22S4. The number of hydrogen-bond acceptors (Lipinski definition) is 4. The van der Waals surface area contributed by atoms with Crippen LogP contribution in [0, 0.1) is 0 Å². The Balaban J connectivity index is 2.01. The first-order valence-electron chi connectivity index (χ1n) is 6.08. The standard InChI is InChI=1S/C11H22S4/c1-2-4-6-8-10-12-14-15-13-11-9-7-5-3-1/h1-11H2. The van der Waals surface area contributed by atoms with Gasteiger partial charge in [0.1, 0.15) is 0 Å². The van der Waals surface area contributed by atoms with Gasteiger partial charge in [0.15, 0.2) is 0 Å². The Bertz CT molecular complexity index is 71.2. The molecule has 90 valence electrons. The number of hydrogen-bond donors (Lipinski definition) is 0. The van der Waals surface area contributed by atoms with Crippen LogP contribution in [-0.4, -0.2) is 11.5 Å². The van der Waals surface area contributed by atoms with Gasteiger partial charge in [0.25, 0.3) is 0 Å². The molecule has 0 nitrogen and oxygen atoms in total. The van der Waals surface area contributed by atoms with Gasteiger partial charge in [-0.2, -0.15) is 0 Å². The molecule has 1 aliphatic rings. The van der Waals surface area contributed by atoms with Crippen LogP contribution in [0.1, 0.15) is 57.8 Å². The molecule has 0 radical (unpaired) electrons. The second-order valence-corrected chi connectivity index (χ2v) is 10.2. The van der Waals surface area contributed by atoms with Crippen molar-refractivity contribution in [3.8, 4) is 0 Å². The third-order valence-corrected chi connectivity index (χ3v) is 9.21. The van der Waals surface area contributed by atoms with E-state index in [0.717, 1.165) is 0 Å². The summed E-state index contributed by atoms with van der Waals surface area (Å²) in [7, 11) is 8.05. The minimum atomic E-state index is 1.35. The molecule has 0 spiro atoms. The van der Waals surface area contributed by atoms with Crippen molar-refractivity contribution < 1.29 is 0 Å². The van der Waals surface area contributed by atoms with Gasteiger partial charge in [0.2, 0.25) is 0 Å². The Hall–Kier alpha value is 1.40. The average Bonchev–Trinajstić information content (AvgIpc) is 2.27. The lowest BCUT2D eigenvalue weighted by molar-refractivity contribution is 0.574. The molecule has 0 aromatic carbocycles. The average molecular weight is 283 g/mol. The van der Waals surface area contributed by atoms with Crippen LogP contribution in [0.4, 0.5) is 0 Å². The van der Waals surface area contributed by atoms with Crippen molar-refractivity contribution in [2.45, 2.75) is 57.8 Å². The maximum atomic E-state index is 2.04. The summed E-state index contributed by atoms with van der Waals surface area (Å²) in [6, 6.07) is 0. The third-order valence-electron chi connectivity index (χ3n) is 2.58. The zero-order valence-electron chi connectivity index (χ0n) is 9.41. The van der Waals surface area contributed by atoms with Crippen molar-refractivity contribution in [3.63, 3.8) is 0 Å². The van der Waals surface area contributed by atoms with Crippen LogP contribution in [0.15, 0.2) is 0 Å². The molecule has 0 amide bonds. The van der Waals surface area contributed by atoms with Gasteiger partial charge in [-0.1, -0.05) is 66.5 Å². The van der Waals surface area contributed by atoms with E-state index in [0.29, 0.717) is 0 Å². The summed E-state index contributed by atoms with van der Waals surface area (Å²) in [6.45, 7) is 0. The lowest BCUT2D eigenvalue weighted by Crippen LogP contribution is -1.83. The van der Waals surface area contributed by atoms with Crippen molar-refractivity contribution in [1.82, 2.24) is 0 Å². The summed E-state index contributed by atoms with van der Waals surface area (Å²) in [6.07, 6.45) is 13.1. The van der Waals surface area contributed by atoms with E-state index in [2.05, 4.69) is 0 Å². The van der Waals surface area contributed by atoms with E-state index in [4.69, 9.17) is 0 Å². The molecule has 1 heterocycles. The van der Waals surface area contributed by atoms with Crippen LogP contribution in [0.5, 0.6) is 0 Å². The monoisotopic (exact) mass is 282 g/mol. The van der Waals surface area contributed by atoms with Gasteiger partial charge < -0.3 is 0 Å². The molecule has 0 aliphatic carbocycles. The Kier molecular flexibility index (Phi) is 11.4. The molecule has 0 aromatic rings. The fraction of sp³-hybridized carbons (Fsp3) is 1.00. The second kappa shape index (κ2) is 11.9. The van der Waals surface area contributed by atoms with Gasteiger partial charge in [0.05, 0.1) is 0 Å². The molecule has 0 unspecified atom stereocenters. The molecule has 0 bridgehead atoms. The van der Waals surface area contributed by atoms with Gasteiger partial charge in [0, 0.05) is 11.5 Å². The predicted octanol–water partition coefficient (Wildman–Crippen LogP) is 6.19. The summed E-state index contributed by atoms with van der Waals surface area (Å²) < 4.78 is 0. The summed E-state index contributed by atoms with van der Waals surface area (Å²) in [4.78, 5) is 0. The second-order valence-electron chi connectivity index (χ2n) is 3.96. The van der Waals surface area contributed by atoms with E-state index >= 15 is 0 Å². The zero-order valence-corrected chi connectivity index (χ0v) is 12.7. The van der Waals surface area contributed by atoms with Crippen molar-refractivity contribution in [3.05, 3.63) is 0 Å². The van der Waals surface area contributed by atoms with Crippen LogP contribution in [0.3, 0.4) is 0 Å². The van der Waals surface area contributed by atoms with Gasteiger partial charge >= 0.3 is 0 Å². The highest BCUT2D eigenvalue weighted by molar-refractivity contribution is 9.26. The molecule has 1 rings (SSSR count). The van der Waals surface area contributed by atoms with E-state index in [1.54, 1.807) is 0 Å². The van der Waals surface area contributed by atoms with Crippen molar-refractivity contribution in [2.75, 3.05) is 11.5 Å². The fourth-order valence-corrected chi connectivity index (χ4v) is 7.93. The van der Waals surface area contributed by atoms with Gasteiger partial charge in [-0.05, 0) is 32.5 Å². The van der Waals surface area contributed by atoms with Crippen molar-refractivity contribution in [2.24, 2.45) is 0 Å². The van der Waals surface area contributed by atoms with Crippen LogP contribution in [-0.2, 0) is 0 Å². The molecule has 0 saturated carbocycles. The molecular weight excluding hydrogens is 260 g/mol. The molecule has 0 atom stereocenters. The SMILES string of the molecule is C1CCCCCSSSSCCCCC1. The highest BCUT2D eigenvalue weighted by Gasteiger charge is 1.97. The van der Waals surface area contributed by atoms with Gasteiger partial charge in [-0.15, -0.1) is 0 Å². The molecule has 0 N–H and O–H groups in total. The molecule has 0 aromatic heterocycles. The van der Waals surface area contributed by atoms with Crippen LogP contribution in [0.2, 0.25) is 0 Å². The Morgan fingerprint density at radius 3 is 1.13 bits per heavy atom. The first kappa shape index (κ1) is 14.5. The lowest BCUT2D eigenvalue weighted by Gasteiger charge is -2.00. The van der Waals surface area contributed by atoms with Gasteiger partial charge in [-0.3, -0.25) is 0 Å². The summed E-state index contributed by atoms with van der Waals surface area (Å²) in [5, 5.41) is 0. The molecule has 1 saturated heterocycles. The molecule has 1 fully saturated rings. The van der Waals surface area contributed by atoms with E-state index in [-0.39, 0.29) is 0 Å². The molecule has 1 aliphatic heterocycles. The van der Waals surface area contributed by atoms with Crippen LogP contribution in [0.25, 0.3) is 0 Å². The zero-order chi connectivity index (χ0) is 10.6. The minimum absolute atomic E-state index is 1.35. The first-order valence-corrected chi connectivity index (χ1v) is 11.2. The Morgan fingerprint density at radius 2 is 0.733 bits per heavy atom. The van der Waals surface area contributed by atoms with E-state index < -0.39 is 0 Å². The Morgan fingerprint density at radius 1 is 0.400 bits per heavy atom. The van der Waals surface area contributed by atoms with Gasteiger partial charge in [-0.25, -0.2) is 0 Å². The summed E-state index contributed by atoms with van der Waals surface area (Å²) >= 11 is 0. The first-order chi connectivity index (χ1) is 7.50. The molecule has 4 heteroatoms. The minimum Gasteiger partial charge on any atom is -0.0817 e. The summed E-state index contributed by atoms with van der Waals surface area (Å²) in [5.41, 5.74) is 0. The van der Waals surface area contributed by atoms with E-state index in [9.17, 15) is 0 Å². The topological polar surface area (TPSA) is 0 Å². The lowest BCUT2D eigenvalue weighted by atomic mass is 10.1. The largest absolute Gasteiger partial charge is 0.0817 e. The van der Waals surface area contributed by atoms with Crippen LogP contribution < -0.4 is 0 Å². The Labute approximate surface area is 110 Å². The van der Waals surface area contributed by atoms with E-state index in [1.165, 1.54) is 69.3 Å². The maximum Gasteiger partial charge on any atom is 0.00454 e. The molecule has 15 heavy (non-hydrogen) atoms.